The van der Waals surface area contributed by atoms with Gasteiger partial charge in [-0.05, 0) is 31.0 Å². The summed E-state index contributed by atoms with van der Waals surface area (Å²) in [7, 11) is -3.09. The van der Waals surface area contributed by atoms with Crippen LogP contribution in [0.25, 0.3) is 0 Å². The third-order valence-electron chi connectivity index (χ3n) is 5.23. The van der Waals surface area contributed by atoms with Gasteiger partial charge in [-0.1, -0.05) is 41.6 Å². The fourth-order valence-electron chi connectivity index (χ4n) is 3.85. The van der Waals surface area contributed by atoms with E-state index in [-0.39, 0.29) is 29.3 Å². The maximum Gasteiger partial charge on any atom is 0.269 e. The van der Waals surface area contributed by atoms with Crippen molar-refractivity contribution >= 4 is 38.1 Å². The van der Waals surface area contributed by atoms with Crippen molar-refractivity contribution in [2.45, 2.75) is 31.7 Å². The first kappa shape index (κ1) is 19.9. The minimum atomic E-state index is -3.09. The van der Waals surface area contributed by atoms with Crippen LogP contribution in [0.2, 0.25) is 0 Å². The number of thioether (sulfide) groups is 1. The van der Waals surface area contributed by atoms with Gasteiger partial charge >= 0.3 is 0 Å². The number of amidine groups is 1. The van der Waals surface area contributed by atoms with Crippen LogP contribution < -0.4 is 4.90 Å². The van der Waals surface area contributed by atoms with Crippen LogP contribution in [0.4, 0.5) is 11.4 Å². The molecule has 1 saturated heterocycles. The van der Waals surface area contributed by atoms with E-state index in [4.69, 9.17) is 4.99 Å². The van der Waals surface area contributed by atoms with Gasteiger partial charge in [-0.2, -0.15) is 0 Å². The maximum atomic E-state index is 12.2. The van der Waals surface area contributed by atoms with Crippen LogP contribution in [-0.2, 0) is 15.6 Å². The van der Waals surface area contributed by atoms with E-state index in [1.54, 1.807) is 12.1 Å². The molecule has 2 atom stereocenters. The van der Waals surface area contributed by atoms with Crippen LogP contribution in [0.1, 0.15) is 16.7 Å². The van der Waals surface area contributed by atoms with Crippen LogP contribution in [0.5, 0.6) is 0 Å². The van der Waals surface area contributed by atoms with Crippen molar-refractivity contribution in [3.05, 3.63) is 69.3 Å². The number of hydrogen-bond acceptors (Lipinski definition) is 7. The minimum absolute atomic E-state index is 0.0635. The lowest BCUT2D eigenvalue weighted by Crippen LogP contribution is -2.39. The number of nitro benzene ring substituents is 1. The first-order chi connectivity index (χ1) is 13.7. The Labute approximate surface area is 173 Å². The minimum Gasteiger partial charge on any atom is -0.315 e. The molecule has 0 bridgehead atoms. The van der Waals surface area contributed by atoms with Crippen LogP contribution in [-0.4, -0.2) is 42.1 Å². The summed E-state index contributed by atoms with van der Waals surface area (Å²) in [5, 5.41) is 11.6. The number of rotatable bonds is 4. The molecule has 2 aliphatic rings. The van der Waals surface area contributed by atoms with Gasteiger partial charge in [0.2, 0.25) is 0 Å². The number of aliphatic imine (C=N–C) groups is 1. The van der Waals surface area contributed by atoms with Crippen molar-refractivity contribution in [2.75, 3.05) is 16.4 Å². The Bertz CT molecular complexity index is 1100. The highest BCUT2D eigenvalue weighted by molar-refractivity contribution is 8.13. The molecule has 29 heavy (non-hydrogen) atoms. The van der Waals surface area contributed by atoms with Crippen molar-refractivity contribution in [3.63, 3.8) is 0 Å². The van der Waals surface area contributed by atoms with E-state index >= 15 is 0 Å². The molecule has 0 radical (unpaired) electrons. The van der Waals surface area contributed by atoms with E-state index in [2.05, 4.69) is 11.0 Å². The summed E-state index contributed by atoms with van der Waals surface area (Å²) in [6.07, 6.45) is 0. The highest BCUT2D eigenvalue weighted by Gasteiger charge is 2.47. The predicted octanol–water partition coefficient (Wildman–Crippen LogP) is 3.49. The topological polar surface area (TPSA) is 92.9 Å². The Morgan fingerprint density at radius 2 is 1.90 bits per heavy atom. The molecule has 0 amide bonds. The Hall–Kier alpha value is -2.39. The predicted molar refractivity (Wildman–Crippen MR) is 116 cm³/mol. The van der Waals surface area contributed by atoms with Gasteiger partial charge < -0.3 is 4.90 Å². The lowest BCUT2D eigenvalue weighted by molar-refractivity contribution is -0.384. The van der Waals surface area contributed by atoms with Gasteiger partial charge in [0.25, 0.3) is 5.69 Å². The summed E-state index contributed by atoms with van der Waals surface area (Å²) in [5.74, 6) is 0.793. The number of nitro groups is 1. The first-order valence-electron chi connectivity index (χ1n) is 9.24. The fourth-order valence-corrected chi connectivity index (χ4v) is 6.77. The molecule has 2 aromatic rings. The standard InChI is InChI=1S/C20H21N3O4S2/c1-13-3-8-18(14(2)9-13)22-19-12-29(26,27)11-17(19)21-20(22)28-10-15-4-6-16(7-5-15)23(24)25/h3-9,17,19H,10-12H2,1-2H3. The summed E-state index contributed by atoms with van der Waals surface area (Å²) in [4.78, 5) is 17.2. The molecule has 7 nitrogen and oxygen atoms in total. The van der Waals surface area contributed by atoms with E-state index in [1.807, 2.05) is 26.0 Å². The molecule has 0 spiro atoms. The second-order valence-corrected chi connectivity index (χ2v) is 10.6. The largest absolute Gasteiger partial charge is 0.315 e. The zero-order chi connectivity index (χ0) is 20.8. The molecular formula is C20H21N3O4S2. The van der Waals surface area contributed by atoms with Crippen molar-refractivity contribution in [2.24, 2.45) is 4.99 Å². The molecule has 2 aliphatic heterocycles. The van der Waals surface area contributed by atoms with E-state index in [9.17, 15) is 18.5 Å². The molecule has 0 saturated carbocycles. The second kappa shape index (κ2) is 7.46. The number of non-ortho nitro benzene ring substituents is 1. The molecule has 152 valence electrons. The van der Waals surface area contributed by atoms with Gasteiger partial charge in [0.05, 0.1) is 28.5 Å². The van der Waals surface area contributed by atoms with Crippen molar-refractivity contribution in [1.29, 1.82) is 0 Å². The molecular weight excluding hydrogens is 410 g/mol. The SMILES string of the molecule is Cc1ccc(N2C(SCc3ccc([N+](=O)[O-])cc3)=NC3CS(=O)(=O)CC32)c(C)c1. The number of nitrogens with zero attached hydrogens (tertiary/aromatic N) is 3. The van der Waals surface area contributed by atoms with E-state index in [0.29, 0.717) is 5.75 Å². The monoisotopic (exact) mass is 431 g/mol. The molecule has 9 heteroatoms. The average molecular weight is 432 g/mol. The fraction of sp³-hybridized carbons (Fsp3) is 0.350. The zero-order valence-electron chi connectivity index (χ0n) is 16.1. The van der Waals surface area contributed by atoms with Gasteiger partial charge in [-0.15, -0.1) is 0 Å². The summed E-state index contributed by atoms with van der Waals surface area (Å²) < 4.78 is 24.4. The number of sulfone groups is 1. The number of benzene rings is 2. The molecule has 0 N–H and O–H groups in total. The van der Waals surface area contributed by atoms with Gasteiger partial charge in [0, 0.05) is 23.6 Å². The van der Waals surface area contributed by atoms with Crippen molar-refractivity contribution in [1.82, 2.24) is 0 Å². The normalized spacial score (nSPS) is 22.4. The number of anilines is 1. The molecule has 0 aliphatic carbocycles. The number of fused-ring (bicyclic) bond motifs is 1. The third kappa shape index (κ3) is 4.02. The molecule has 2 unspecified atom stereocenters. The van der Waals surface area contributed by atoms with E-state index < -0.39 is 14.8 Å². The second-order valence-electron chi connectivity index (χ2n) is 7.50. The van der Waals surface area contributed by atoms with E-state index in [0.717, 1.165) is 27.5 Å². The molecule has 2 heterocycles. The van der Waals surface area contributed by atoms with E-state index in [1.165, 1.54) is 23.9 Å². The lowest BCUT2D eigenvalue weighted by atomic mass is 10.1. The first-order valence-corrected chi connectivity index (χ1v) is 12.0. The van der Waals surface area contributed by atoms with Crippen LogP contribution in [0, 0.1) is 24.0 Å². The van der Waals surface area contributed by atoms with Gasteiger partial charge in [0.1, 0.15) is 0 Å². The van der Waals surface area contributed by atoms with Gasteiger partial charge in [0.15, 0.2) is 15.0 Å². The zero-order valence-corrected chi connectivity index (χ0v) is 17.7. The highest BCUT2D eigenvalue weighted by Crippen LogP contribution is 2.37. The molecule has 2 aromatic carbocycles. The number of aryl methyl sites for hydroxylation is 2. The summed E-state index contributed by atoms with van der Waals surface area (Å²) in [5.41, 5.74) is 4.23. The third-order valence-corrected chi connectivity index (χ3v) is 7.97. The maximum absolute atomic E-state index is 12.2. The summed E-state index contributed by atoms with van der Waals surface area (Å²) in [6, 6.07) is 12.2. The Balaban J connectivity index is 1.60. The molecule has 0 aromatic heterocycles. The smallest absolute Gasteiger partial charge is 0.269 e. The molecule has 1 fully saturated rings. The van der Waals surface area contributed by atoms with Crippen LogP contribution in [0.15, 0.2) is 47.5 Å². The van der Waals surface area contributed by atoms with Crippen molar-refractivity contribution in [3.8, 4) is 0 Å². The summed E-state index contributed by atoms with van der Waals surface area (Å²) >= 11 is 1.54. The Morgan fingerprint density at radius 1 is 1.17 bits per heavy atom. The highest BCUT2D eigenvalue weighted by atomic mass is 32.2. The van der Waals surface area contributed by atoms with Gasteiger partial charge in [-0.3, -0.25) is 15.1 Å². The van der Waals surface area contributed by atoms with Crippen molar-refractivity contribution < 1.29 is 13.3 Å². The van der Waals surface area contributed by atoms with Crippen LogP contribution in [0.3, 0.4) is 0 Å². The number of hydrogen-bond donors (Lipinski definition) is 0. The quantitative estimate of drug-likeness (QED) is 0.543. The Morgan fingerprint density at radius 3 is 2.55 bits per heavy atom. The van der Waals surface area contributed by atoms with Gasteiger partial charge in [-0.25, -0.2) is 8.42 Å². The van der Waals surface area contributed by atoms with Crippen LogP contribution >= 0.6 is 11.8 Å². The Kier molecular flexibility index (Phi) is 5.12. The summed E-state index contributed by atoms with van der Waals surface area (Å²) in [6.45, 7) is 4.06. The molecule has 4 rings (SSSR count). The average Bonchev–Trinajstić information content (AvgIpc) is 3.12. The lowest BCUT2D eigenvalue weighted by Gasteiger charge is -2.28.